The van der Waals surface area contributed by atoms with Crippen LogP contribution in [0.15, 0.2) is 18.2 Å². The number of hydrogen-bond donors (Lipinski definition) is 2. The van der Waals surface area contributed by atoms with Gasteiger partial charge in [-0.15, -0.1) is 0 Å². The Bertz CT molecular complexity index is 463. The molecule has 2 amide bonds. The Morgan fingerprint density at radius 2 is 2.05 bits per heavy atom. The van der Waals surface area contributed by atoms with E-state index < -0.39 is 11.8 Å². The second-order valence-electron chi connectivity index (χ2n) is 4.02. The lowest BCUT2D eigenvalue weighted by Gasteiger charge is -2.09. The van der Waals surface area contributed by atoms with Gasteiger partial charge in [0.05, 0.1) is 0 Å². The Morgan fingerprint density at radius 1 is 1.32 bits per heavy atom. The zero-order chi connectivity index (χ0) is 14.3. The van der Waals surface area contributed by atoms with E-state index >= 15 is 0 Å². The quantitative estimate of drug-likeness (QED) is 0.639. The van der Waals surface area contributed by atoms with E-state index in [0.717, 1.165) is 5.56 Å². The van der Waals surface area contributed by atoms with E-state index in [1.165, 1.54) is 0 Å². The molecule has 0 bridgehead atoms. The molecule has 1 aromatic rings. The molecule has 0 saturated carbocycles. The molecule has 2 N–H and O–H groups in total. The van der Waals surface area contributed by atoms with Crippen LogP contribution >= 0.6 is 11.6 Å². The summed E-state index contributed by atoms with van der Waals surface area (Å²) in [6.07, 6.45) is 0.662. The Morgan fingerprint density at radius 3 is 2.68 bits per heavy atom. The first kappa shape index (κ1) is 15.5. The van der Waals surface area contributed by atoms with E-state index in [0.29, 0.717) is 30.3 Å². The second kappa shape index (κ2) is 7.76. The number of benzene rings is 1. The van der Waals surface area contributed by atoms with Gasteiger partial charge in [0.2, 0.25) is 0 Å². The van der Waals surface area contributed by atoms with Crippen molar-refractivity contribution in [3.8, 4) is 0 Å². The SMILES string of the molecule is COCCCNC(=O)C(=O)Nc1ccc(Cl)cc1C. The lowest BCUT2D eigenvalue weighted by atomic mass is 10.2. The number of nitrogens with one attached hydrogen (secondary N) is 2. The van der Waals surface area contributed by atoms with Crippen molar-refractivity contribution in [2.24, 2.45) is 0 Å². The number of hydrogen-bond acceptors (Lipinski definition) is 3. The third kappa shape index (κ3) is 5.28. The molecule has 0 aliphatic heterocycles. The highest BCUT2D eigenvalue weighted by Gasteiger charge is 2.13. The topological polar surface area (TPSA) is 67.4 Å². The van der Waals surface area contributed by atoms with Crippen LogP contribution in [0.2, 0.25) is 5.02 Å². The van der Waals surface area contributed by atoms with Gasteiger partial charge >= 0.3 is 11.8 Å². The molecule has 0 aliphatic carbocycles. The lowest BCUT2D eigenvalue weighted by molar-refractivity contribution is -0.136. The first-order chi connectivity index (χ1) is 9.04. The number of aryl methyl sites for hydroxylation is 1. The summed E-state index contributed by atoms with van der Waals surface area (Å²) >= 11 is 5.81. The van der Waals surface area contributed by atoms with Crippen molar-refractivity contribution < 1.29 is 14.3 Å². The molecule has 5 nitrogen and oxygen atoms in total. The van der Waals surface area contributed by atoms with Gasteiger partial charge in [0.15, 0.2) is 0 Å². The molecule has 19 heavy (non-hydrogen) atoms. The molecule has 0 unspecified atom stereocenters. The minimum atomic E-state index is -0.692. The normalized spacial score (nSPS) is 10.1. The number of amides is 2. The van der Waals surface area contributed by atoms with E-state index in [-0.39, 0.29) is 0 Å². The predicted molar refractivity (Wildman–Crippen MR) is 74.3 cm³/mol. The highest BCUT2D eigenvalue weighted by atomic mass is 35.5. The van der Waals surface area contributed by atoms with Crippen molar-refractivity contribution in [2.45, 2.75) is 13.3 Å². The molecule has 104 valence electrons. The summed E-state index contributed by atoms with van der Waals surface area (Å²) in [4.78, 5) is 23.1. The number of carbonyl (C=O) groups excluding carboxylic acids is 2. The molecule has 0 saturated heterocycles. The summed E-state index contributed by atoms with van der Waals surface area (Å²) in [6, 6.07) is 5.03. The molecule has 6 heteroatoms. The van der Waals surface area contributed by atoms with Crippen molar-refractivity contribution in [3.63, 3.8) is 0 Å². The van der Waals surface area contributed by atoms with Gasteiger partial charge in [0.1, 0.15) is 0 Å². The Kier molecular flexibility index (Phi) is 6.32. The maximum atomic E-state index is 11.6. The summed E-state index contributed by atoms with van der Waals surface area (Å²) in [5.74, 6) is -1.35. The minimum Gasteiger partial charge on any atom is -0.385 e. The van der Waals surface area contributed by atoms with Gasteiger partial charge in [-0.05, 0) is 37.1 Å². The van der Waals surface area contributed by atoms with Crippen LogP contribution < -0.4 is 10.6 Å². The first-order valence-corrected chi connectivity index (χ1v) is 6.26. The highest BCUT2D eigenvalue weighted by molar-refractivity contribution is 6.39. The van der Waals surface area contributed by atoms with Crippen LogP contribution in [0.5, 0.6) is 0 Å². The van der Waals surface area contributed by atoms with Crippen LogP contribution in [0.1, 0.15) is 12.0 Å². The average Bonchev–Trinajstić information content (AvgIpc) is 2.37. The van der Waals surface area contributed by atoms with Crippen molar-refractivity contribution in [2.75, 3.05) is 25.6 Å². The first-order valence-electron chi connectivity index (χ1n) is 5.89. The molecule has 1 aromatic carbocycles. The Balaban J connectivity index is 2.47. The fourth-order valence-corrected chi connectivity index (χ4v) is 1.67. The lowest BCUT2D eigenvalue weighted by Crippen LogP contribution is -2.36. The zero-order valence-electron chi connectivity index (χ0n) is 11.0. The van der Waals surface area contributed by atoms with Crippen LogP contribution in [0.25, 0.3) is 0 Å². The summed E-state index contributed by atoms with van der Waals surface area (Å²) < 4.78 is 4.84. The van der Waals surface area contributed by atoms with Gasteiger partial charge < -0.3 is 15.4 Å². The number of ether oxygens (including phenoxy) is 1. The molecule has 1 rings (SSSR count). The maximum Gasteiger partial charge on any atom is 0.313 e. The van der Waals surface area contributed by atoms with Gasteiger partial charge in [-0.1, -0.05) is 11.6 Å². The largest absolute Gasteiger partial charge is 0.385 e. The maximum absolute atomic E-state index is 11.6. The molecule has 0 aliphatic rings. The Hall–Kier alpha value is -1.59. The minimum absolute atomic E-state index is 0.402. The third-order valence-corrected chi connectivity index (χ3v) is 2.69. The molecule has 0 spiro atoms. The summed E-state index contributed by atoms with van der Waals surface area (Å²) in [7, 11) is 1.58. The van der Waals surface area contributed by atoms with Crippen LogP contribution in [0, 0.1) is 6.92 Å². The standard InChI is InChI=1S/C13H17ClN2O3/c1-9-8-10(14)4-5-11(9)16-13(18)12(17)15-6-3-7-19-2/h4-5,8H,3,6-7H2,1-2H3,(H,15,17)(H,16,18). The van der Waals surface area contributed by atoms with Crippen LogP contribution in [-0.4, -0.2) is 32.1 Å². The second-order valence-corrected chi connectivity index (χ2v) is 4.45. The monoisotopic (exact) mass is 284 g/mol. The summed E-state index contributed by atoms with van der Waals surface area (Å²) in [5.41, 5.74) is 1.37. The molecular formula is C13H17ClN2O3. The molecular weight excluding hydrogens is 268 g/mol. The van der Waals surface area contributed by atoms with Crippen molar-refractivity contribution in [1.82, 2.24) is 5.32 Å². The van der Waals surface area contributed by atoms with Crippen LogP contribution in [-0.2, 0) is 14.3 Å². The van der Waals surface area contributed by atoms with Gasteiger partial charge in [0, 0.05) is 31.0 Å². The van der Waals surface area contributed by atoms with Gasteiger partial charge in [0.25, 0.3) is 0 Å². The highest BCUT2D eigenvalue weighted by Crippen LogP contribution is 2.19. The molecule has 0 atom stereocenters. The van der Waals surface area contributed by atoms with E-state index in [1.54, 1.807) is 32.2 Å². The predicted octanol–water partition coefficient (Wildman–Crippen LogP) is 1.74. The number of methoxy groups -OCH3 is 1. The number of anilines is 1. The van der Waals surface area contributed by atoms with Gasteiger partial charge in [-0.2, -0.15) is 0 Å². The number of halogens is 1. The summed E-state index contributed by atoms with van der Waals surface area (Å²) in [5, 5.41) is 5.63. The fourth-order valence-electron chi connectivity index (χ4n) is 1.45. The van der Waals surface area contributed by atoms with Crippen molar-refractivity contribution in [1.29, 1.82) is 0 Å². The fraction of sp³-hybridized carbons (Fsp3) is 0.385. The zero-order valence-corrected chi connectivity index (χ0v) is 11.7. The Labute approximate surface area is 117 Å². The third-order valence-electron chi connectivity index (χ3n) is 2.45. The number of rotatable bonds is 5. The van der Waals surface area contributed by atoms with Gasteiger partial charge in [-0.25, -0.2) is 0 Å². The average molecular weight is 285 g/mol. The summed E-state index contributed by atoms with van der Waals surface area (Å²) in [6.45, 7) is 2.75. The number of carbonyl (C=O) groups is 2. The van der Waals surface area contributed by atoms with Crippen molar-refractivity contribution >= 4 is 29.1 Å². The molecule has 0 aromatic heterocycles. The van der Waals surface area contributed by atoms with Crippen molar-refractivity contribution in [3.05, 3.63) is 28.8 Å². The van der Waals surface area contributed by atoms with Gasteiger partial charge in [-0.3, -0.25) is 9.59 Å². The molecule has 0 heterocycles. The van der Waals surface area contributed by atoms with E-state index in [2.05, 4.69) is 10.6 Å². The van der Waals surface area contributed by atoms with Crippen LogP contribution in [0.3, 0.4) is 0 Å². The molecule has 0 radical (unpaired) electrons. The molecule has 0 fully saturated rings. The van der Waals surface area contributed by atoms with E-state index in [1.807, 2.05) is 0 Å². The van der Waals surface area contributed by atoms with E-state index in [4.69, 9.17) is 16.3 Å². The smallest absolute Gasteiger partial charge is 0.313 e. The van der Waals surface area contributed by atoms with E-state index in [9.17, 15) is 9.59 Å². The van der Waals surface area contributed by atoms with Crippen LogP contribution in [0.4, 0.5) is 5.69 Å².